The summed E-state index contributed by atoms with van der Waals surface area (Å²) in [6.45, 7) is 7.41. The molecular formula is C21H30FIN4O2. The molecule has 8 heteroatoms. The van der Waals surface area contributed by atoms with Crippen molar-refractivity contribution in [1.29, 1.82) is 0 Å². The molecule has 1 aromatic heterocycles. The number of halogens is 2. The molecule has 0 saturated heterocycles. The molecule has 160 valence electrons. The summed E-state index contributed by atoms with van der Waals surface area (Å²) >= 11 is 0. The lowest BCUT2D eigenvalue weighted by Crippen LogP contribution is -2.45. The number of hydrogen-bond acceptors (Lipinski definition) is 4. The highest BCUT2D eigenvalue weighted by molar-refractivity contribution is 14.0. The van der Waals surface area contributed by atoms with E-state index in [4.69, 9.17) is 9.47 Å². The molecule has 0 aliphatic rings. The Bertz CT molecular complexity index is 782. The lowest BCUT2D eigenvalue weighted by Gasteiger charge is -2.30. The predicted molar refractivity (Wildman–Crippen MR) is 125 cm³/mol. The van der Waals surface area contributed by atoms with Crippen LogP contribution >= 0.6 is 24.0 Å². The van der Waals surface area contributed by atoms with E-state index in [-0.39, 0.29) is 41.2 Å². The van der Waals surface area contributed by atoms with Gasteiger partial charge in [0.05, 0.1) is 12.3 Å². The van der Waals surface area contributed by atoms with Gasteiger partial charge in [-0.2, -0.15) is 0 Å². The van der Waals surface area contributed by atoms with Crippen LogP contribution in [0.4, 0.5) is 4.39 Å². The van der Waals surface area contributed by atoms with Gasteiger partial charge in [-0.25, -0.2) is 4.39 Å². The number of benzene rings is 1. The molecule has 2 aromatic rings. The molecule has 0 radical (unpaired) electrons. The SMILES string of the molecule is CN=C(NCc1ccc(Oc2cccnc2)c(F)c1)NCC(OC)C(C)(C)C.I. The third-order valence-corrected chi connectivity index (χ3v) is 4.25. The maximum absolute atomic E-state index is 14.3. The molecule has 29 heavy (non-hydrogen) atoms. The highest BCUT2D eigenvalue weighted by atomic mass is 127. The molecule has 1 unspecified atom stereocenters. The molecule has 6 nitrogen and oxygen atoms in total. The number of methoxy groups -OCH3 is 1. The molecule has 0 saturated carbocycles. The van der Waals surface area contributed by atoms with Gasteiger partial charge in [0.1, 0.15) is 5.75 Å². The van der Waals surface area contributed by atoms with Crippen LogP contribution in [0, 0.1) is 11.2 Å². The molecule has 0 fully saturated rings. The number of rotatable bonds is 7. The van der Waals surface area contributed by atoms with Crippen molar-refractivity contribution in [3.8, 4) is 11.5 Å². The Morgan fingerprint density at radius 2 is 2.00 bits per heavy atom. The molecule has 1 heterocycles. The maximum atomic E-state index is 14.3. The van der Waals surface area contributed by atoms with Crippen LogP contribution in [0.15, 0.2) is 47.7 Å². The van der Waals surface area contributed by atoms with Crippen molar-refractivity contribution in [1.82, 2.24) is 15.6 Å². The summed E-state index contributed by atoms with van der Waals surface area (Å²) in [5.41, 5.74) is 0.784. The van der Waals surface area contributed by atoms with E-state index in [1.165, 1.54) is 12.3 Å². The Balaban J connectivity index is 0.00000420. The molecule has 0 aliphatic carbocycles. The van der Waals surface area contributed by atoms with Gasteiger partial charge in [-0.1, -0.05) is 26.8 Å². The number of pyridine rings is 1. The van der Waals surface area contributed by atoms with E-state index >= 15 is 0 Å². The van der Waals surface area contributed by atoms with Crippen molar-refractivity contribution in [2.75, 3.05) is 20.7 Å². The summed E-state index contributed by atoms with van der Waals surface area (Å²) in [5.74, 6) is 0.844. The Labute approximate surface area is 189 Å². The molecule has 0 amide bonds. The van der Waals surface area contributed by atoms with Crippen LogP contribution in [0.3, 0.4) is 0 Å². The average molecular weight is 516 g/mol. The van der Waals surface area contributed by atoms with Gasteiger partial charge in [0, 0.05) is 33.4 Å². The summed E-state index contributed by atoms with van der Waals surface area (Å²) in [6, 6.07) is 8.32. The number of ether oxygens (including phenoxy) is 2. The van der Waals surface area contributed by atoms with Crippen molar-refractivity contribution in [3.05, 3.63) is 54.1 Å². The van der Waals surface area contributed by atoms with Gasteiger partial charge >= 0.3 is 0 Å². The minimum absolute atomic E-state index is 0. The third kappa shape index (κ3) is 8.14. The average Bonchev–Trinajstić information content (AvgIpc) is 2.66. The zero-order chi connectivity index (χ0) is 20.6. The van der Waals surface area contributed by atoms with Gasteiger partial charge in [0.25, 0.3) is 0 Å². The molecule has 0 bridgehead atoms. The first kappa shape index (κ1) is 25.1. The van der Waals surface area contributed by atoms with Crippen LogP contribution < -0.4 is 15.4 Å². The van der Waals surface area contributed by atoms with Crippen molar-refractivity contribution in [2.24, 2.45) is 10.4 Å². The number of guanidine groups is 1. The van der Waals surface area contributed by atoms with Crippen LogP contribution in [-0.4, -0.2) is 37.7 Å². The fourth-order valence-electron chi connectivity index (χ4n) is 2.61. The zero-order valence-corrected chi connectivity index (χ0v) is 19.9. The quantitative estimate of drug-likeness (QED) is 0.325. The highest BCUT2D eigenvalue weighted by Gasteiger charge is 2.24. The Kier molecular flexibility index (Phi) is 10.3. The Morgan fingerprint density at radius 3 is 2.55 bits per heavy atom. The van der Waals surface area contributed by atoms with Crippen LogP contribution in [0.1, 0.15) is 26.3 Å². The molecule has 2 N–H and O–H groups in total. The van der Waals surface area contributed by atoms with Gasteiger partial charge < -0.3 is 20.1 Å². The van der Waals surface area contributed by atoms with E-state index < -0.39 is 5.82 Å². The first-order valence-corrected chi connectivity index (χ1v) is 9.17. The second-order valence-corrected chi connectivity index (χ2v) is 7.45. The Hall–Kier alpha value is -1.94. The number of aromatic nitrogens is 1. The fraction of sp³-hybridized carbons (Fsp3) is 0.429. The number of aliphatic imine (C=N–C) groups is 1. The largest absolute Gasteiger partial charge is 0.453 e. The van der Waals surface area contributed by atoms with Gasteiger partial charge in [0.2, 0.25) is 0 Å². The monoisotopic (exact) mass is 516 g/mol. The van der Waals surface area contributed by atoms with E-state index in [9.17, 15) is 4.39 Å². The second-order valence-electron chi connectivity index (χ2n) is 7.45. The smallest absolute Gasteiger partial charge is 0.191 e. The van der Waals surface area contributed by atoms with Crippen LogP contribution in [0.5, 0.6) is 11.5 Å². The Morgan fingerprint density at radius 1 is 1.24 bits per heavy atom. The van der Waals surface area contributed by atoms with Crippen molar-refractivity contribution in [2.45, 2.75) is 33.4 Å². The van der Waals surface area contributed by atoms with Gasteiger partial charge in [-0.05, 0) is 35.2 Å². The van der Waals surface area contributed by atoms with Gasteiger partial charge in [-0.15, -0.1) is 24.0 Å². The normalized spacial score (nSPS) is 12.7. The van der Waals surface area contributed by atoms with E-state index in [1.807, 2.05) is 6.07 Å². The second kappa shape index (κ2) is 11.9. The maximum Gasteiger partial charge on any atom is 0.191 e. The van der Waals surface area contributed by atoms with E-state index in [2.05, 4.69) is 41.4 Å². The summed E-state index contributed by atoms with van der Waals surface area (Å²) < 4.78 is 25.4. The lowest BCUT2D eigenvalue weighted by atomic mass is 9.89. The fourth-order valence-corrected chi connectivity index (χ4v) is 2.61. The minimum Gasteiger partial charge on any atom is -0.453 e. The number of hydrogen-bond donors (Lipinski definition) is 2. The molecular weight excluding hydrogens is 486 g/mol. The van der Waals surface area contributed by atoms with Crippen LogP contribution in [0.2, 0.25) is 0 Å². The molecule has 1 aromatic carbocycles. The minimum atomic E-state index is -0.432. The number of nitrogens with zero attached hydrogens (tertiary/aromatic N) is 2. The molecule has 0 spiro atoms. The van der Waals surface area contributed by atoms with Crippen LogP contribution in [-0.2, 0) is 11.3 Å². The molecule has 1 atom stereocenters. The van der Waals surface area contributed by atoms with Crippen LogP contribution in [0.25, 0.3) is 0 Å². The van der Waals surface area contributed by atoms with Crippen molar-refractivity contribution < 1.29 is 13.9 Å². The number of nitrogens with one attached hydrogen (secondary N) is 2. The van der Waals surface area contributed by atoms with E-state index in [1.54, 1.807) is 38.6 Å². The summed E-state index contributed by atoms with van der Waals surface area (Å²) in [6.07, 6.45) is 3.21. The topological polar surface area (TPSA) is 67.8 Å². The summed E-state index contributed by atoms with van der Waals surface area (Å²) in [4.78, 5) is 8.15. The van der Waals surface area contributed by atoms with Crippen molar-refractivity contribution in [3.63, 3.8) is 0 Å². The highest BCUT2D eigenvalue weighted by Crippen LogP contribution is 2.24. The first-order chi connectivity index (χ1) is 13.3. The standard InChI is InChI=1S/C21H29FN4O2.HI/c1-21(2,3)19(27-5)14-26-20(23-4)25-12-15-8-9-18(17(22)11-15)28-16-7-6-10-24-13-16;/h6-11,13,19H,12,14H2,1-5H3,(H2,23,25,26);1H. The van der Waals surface area contributed by atoms with E-state index in [0.29, 0.717) is 24.8 Å². The first-order valence-electron chi connectivity index (χ1n) is 9.17. The third-order valence-electron chi connectivity index (χ3n) is 4.25. The lowest BCUT2D eigenvalue weighted by molar-refractivity contribution is 0.0205. The van der Waals surface area contributed by atoms with Gasteiger partial charge in [0.15, 0.2) is 17.5 Å². The zero-order valence-electron chi connectivity index (χ0n) is 17.5. The molecule has 2 rings (SSSR count). The summed E-state index contributed by atoms with van der Waals surface area (Å²) in [7, 11) is 3.39. The van der Waals surface area contributed by atoms with E-state index in [0.717, 1.165) is 5.56 Å². The predicted octanol–water partition coefficient (Wildman–Crippen LogP) is 4.36. The molecule has 0 aliphatic heterocycles. The van der Waals surface area contributed by atoms with Gasteiger partial charge in [-0.3, -0.25) is 9.98 Å². The summed E-state index contributed by atoms with van der Waals surface area (Å²) in [5, 5.41) is 6.42. The van der Waals surface area contributed by atoms with Crippen molar-refractivity contribution >= 4 is 29.9 Å².